The molecule has 0 spiro atoms. The van der Waals surface area contributed by atoms with E-state index < -0.39 is 12.2 Å². The number of benzene rings is 1. The van der Waals surface area contributed by atoms with Crippen molar-refractivity contribution in [3.8, 4) is 5.75 Å². The van der Waals surface area contributed by atoms with E-state index in [-0.39, 0.29) is 12.5 Å². The molecule has 1 aliphatic heterocycles. The normalized spacial score (nSPS) is 20.7. The van der Waals surface area contributed by atoms with Crippen LogP contribution in [0.3, 0.4) is 0 Å². The lowest BCUT2D eigenvalue weighted by Crippen LogP contribution is -2.33. The molecule has 1 aliphatic rings. The predicted octanol–water partition coefficient (Wildman–Crippen LogP) is 1.10. The molecule has 122 valence electrons. The summed E-state index contributed by atoms with van der Waals surface area (Å²) in [5.74, 6) is 1.56. The second-order valence-corrected chi connectivity index (χ2v) is 5.66. The Hall–Kier alpha value is -2.34. The average molecular weight is 315 g/mol. The minimum absolute atomic E-state index is 0.0316. The number of imidazole rings is 1. The number of aromatic nitrogens is 2. The number of amides is 1. The van der Waals surface area contributed by atoms with Crippen LogP contribution in [0.15, 0.2) is 42.7 Å². The van der Waals surface area contributed by atoms with Crippen molar-refractivity contribution in [1.29, 1.82) is 0 Å². The Kier molecular flexibility index (Phi) is 4.62. The van der Waals surface area contributed by atoms with Gasteiger partial charge in [-0.05, 0) is 12.1 Å². The fourth-order valence-electron chi connectivity index (χ4n) is 2.79. The molecule has 0 bridgehead atoms. The number of aliphatic hydroxyl groups is 1. The number of rotatable bonds is 5. The number of hydrogen-bond donors (Lipinski definition) is 1. The molecule has 1 saturated heterocycles. The Morgan fingerprint density at radius 2 is 2.13 bits per heavy atom. The Bertz CT molecular complexity index is 656. The van der Waals surface area contributed by atoms with E-state index >= 15 is 0 Å². The largest absolute Gasteiger partial charge is 0.486 e. The summed E-state index contributed by atoms with van der Waals surface area (Å²) in [5.41, 5.74) is 0. The van der Waals surface area contributed by atoms with Gasteiger partial charge in [0.15, 0.2) is 0 Å². The highest BCUT2D eigenvalue weighted by Gasteiger charge is 2.35. The summed E-state index contributed by atoms with van der Waals surface area (Å²) in [6.45, 7) is 2.94. The minimum Gasteiger partial charge on any atom is -0.486 e. The van der Waals surface area contributed by atoms with Gasteiger partial charge in [0.25, 0.3) is 0 Å². The highest BCUT2D eigenvalue weighted by atomic mass is 16.5. The van der Waals surface area contributed by atoms with Crippen molar-refractivity contribution < 1.29 is 14.6 Å². The van der Waals surface area contributed by atoms with Crippen molar-refractivity contribution >= 4 is 5.91 Å². The standard InChI is InChI=1S/C17H21N3O3/c1-2-16-18-8-9-19(16)12-17(22)20-10-14(21)15(11-20)23-13-6-4-3-5-7-13/h3-9,14-15,21H,2,10-12H2,1H3/t14-,15-/m1/s1. The third-order valence-corrected chi connectivity index (χ3v) is 4.04. The van der Waals surface area contributed by atoms with E-state index in [4.69, 9.17) is 4.74 Å². The molecule has 0 saturated carbocycles. The van der Waals surface area contributed by atoms with Gasteiger partial charge in [-0.25, -0.2) is 4.98 Å². The zero-order valence-corrected chi connectivity index (χ0v) is 13.1. The number of carbonyl (C=O) groups excluding carboxylic acids is 1. The molecule has 6 nitrogen and oxygen atoms in total. The van der Waals surface area contributed by atoms with Gasteiger partial charge in [-0.1, -0.05) is 25.1 Å². The maximum absolute atomic E-state index is 12.4. The van der Waals surface area contributed by atoms with Crippen molar-refractivity contribution in [3.05, 3.63) is 48.5 Å². The van der Waals surface area contributed by atoms with Crippen LogP contribution in [0.1, 0.15) is 12.7 Å². The van der Waals surface area contributed by atoms with Crippen molar-refractivity contribution in [2.45, 2.75) is 32.1 Å². The van der Waals surface area contributed by atoms with Gasteiger partial charge in [0.2, 0.25) is 5.91 Å². The summed E-state index contributed by atoms with van der Waals surface area (Å²) in [6.07, 6.45) is 3.22. The smallest absolute Gasteiger partial charge is 0.242 e. The van der Waals surface area contributed by atoms with E-state index in [2.05, 4.69) is 4.98 Å². The first-order valence-corrected chi connectivity index (χ1v) is 7.85. The molecule has 2 heterocycles. The van der Waals surface area contributed by atoms with E-state index in [0.29, 0.717) is 18.8 Å². The quantitative estimate of drug-likeness (QED) is 0.897. The van der Waals surface area contributed by atoms with Crippen LogP contribution in [-0.4, -0.2) is 50.8 Å². The first-order valence-electron chi connectivity index (χ1n) is 7.85. The minimum atomic E-state index is -0.674. The zero-order chi connectivity index (χ0) is 16.2. The maximum atomic E-state index is 12.4. The molecule has 0 radical (unpaired) electrons. The second-order valence-electron chi connectivity index (χ2n) is 5.66. The van der Waals surface area contributed by atoms with Gasteiger partial charge in [0.05, 0.1) is 13.1 Å². The fourth-order valence-corrected chi connectivity index (χ4v) is 2.79. The van der Waals surface area contributed by atoms with Gasteiger partial charge in [-0.2, -0.15) is 0 Å². The van der Waals surface area contributed by atoms with Crippen molar-refractivity contribution in [3.63, 3.8) is 0 Å². The van der Waals surface area contributed by atoms with Gasteiger partial charge in [0, 0.05) is 18.8 Å². The third-order valence-electron chi connectivity index (χ3n) is 4.04. The van der Waals surface area contributed by atoms with E-state index in [1.807, 2.05) is 41.8 Å². The lowest BCUT2D eigenvalue weighted by atomic mass is 10.2. The summed E-state index contributed by atoms with van der Waals surface area (Å²) in [4.78, 5) is 18.3. The topological polar surface area (TPSA) is 67.6 Å². The molecule has 2 aromatic rings. The van der Waals surface area contributed by atoms with Gasteiger partial charge in [0.1, 0.15) is 30.3 Å². The molecule has 2 atom stereocenters. The molecule has 1 amide bonds. The van der Waals surface area contributed by atoms with Gasteiger partial charge < -0.3 is 19.3 Å². The monoisotopic (exact) mass is 315 g/mol. The molecule has 23 heavy (non-hydrogen) atoms. The number of hydrogen-bond acceptors (Lipinski definition) is 4. The molecule has 1 fully saturated rings. The Balaban J connectivity index is 1.60. The summed E-state index contributed by atoms with van der Waals surface area (Å²) in [5, 5.41) is 10.2. The molecular formula is C17H21N3O3. The summed E-state index contributed by atoms with van der Waals surface area (Å²) >= 11 is 0. The van der Waals surface area contributed by atoms with Gasteiger partial charge >= 0.3 is 0 Å². The molecule has 3 rings (SSSR count). The first-order chi connectivity index (χ1) is 11.2. The number of aryl methyl sites for hydroxylation is 1. The molecule has 1 aromatic heterocycles. The molecule has 1 aromatic carbocycles. The van der Waals surface area contributed by atoms with E-state index in [1.54, 1.807) is 17.3 Å². The highest BCUT2D eigenvalue weighted by molar-refractivity contribution is 5.76. The number of β-amino-alcohol motifs (C(OH)–C–C–N with tert-alkyl or cyclic N) is 1. The number of carbonyl (C=O) groups is 1. The molecule has 0 aliphatic carbocycles. The zero-order valence-electron chi connectivity index (χ0n) is 13.1. The van der Waals surface area contributed by atoms with Crippen LogP contribution >= 0.6 is 0 Å². The molecule has 1 N–H and O–H groups in total. The third kappa shape index (κ3) is 3.53. The molecule has 0 unspecified atom stereocenters. The second kappa shape index (κ2) is 6.83. The number of para-hydroxylation sites is 1. The Morgan fingerprint density at radius 3 is 2.87 bits per heavy atom. The molecular weight excluding hydrogens is 294 g/mol. The van der Waals surface area contributed by atoms with Crippen molar-refractivity contribution in [2.24, 2.45) is 0 Å². The average Bonchev–Trinajstić information content (AvgIpc) is 3.15. The van der Waals surface area contributed by atoms with Crippen molar-refractivity contribution in [2.75, 3.05) is 13.1 Å². The van der Waals surface area contributed by atoms with Crippen LogP contribution in [0.2, 0.25) is 0 Å². The lowest BCUT2D eigenvalue weighted by molar-refractivity contribution is -0.131. The summed E-state index contributed by atoms with van der Waals surface area (Å²) in [6, 6.07) is 9.35. The highest BCUT2D eigenvalue weighted by Crippen LogP contribution is 2.19. The van der Waals surface area contributed by atoms with E-state index in [9.17, 15) is 9.90 Å². The Morgan fingerprint density at radius 1 is 1.35 bits per heavy atom. The Labute approximate surface area is 135 Å². The number of aliphatic hydroxyl groups excluding tert-OH is 1. The van der Waals surface area contributed by atoms with Crippen LogP contribution in [0, 0.1) is 0 Å². The summed E-state index contributed by atoms with van der Waals surface area (Å²) < 4.78 is 7.63. The fraction of sp³-hybridized carbons (Fsp3) is 0.412. The van der Waals surface area contributed by atoms with Crippen LogP contribution in [0.4, 0.5) is 0 Å². The van der Waals surface area contributed by atoms with Crippen molar-refractivity contribution in [1.82, 2.24) is 14.5 Å². The molecule has 6 heteroatoms. The predicted molar refractivity (Wildman–Crippen MR) is 85.0 cm³/mol. The number of nitrogens with zero attached hydrogens (tertiary/aromatic N) is 3. The van der Waals surface area contributed by atoms with Crippen LogP contribution in [-0.2, 0) is 17.8 Å². The van der Waals surface area contributed by atoms with Gasteiger partial charge in [-0.15, -0.1) is 0 Å². The van der Waals surface area contributed by atoms with E-state index in [1.165, 1.54) is 0 Å². The van der Waals surface area contributed by atoms with Crippen LogP contribution in [0.25, 0.3) is 0 Å². The van der Waals surface area contributed by atoms with Crippen LogP contribution in [0.5, 0.6) is 5.75 Å². The number of likely N-dealkylation sites (tertiary alicyclic amines) is 1. The van der Waals surface area contributed by atoms with Gasteiger partial charge in [-0.3, -0.25) is 4.79 Å². The number of ether oxygens (including phenoxy) is 1. The summed E-state index contributed by atoms with van der Waals surface area (Å²) in [7, 11) is 0. The SMILES string of the molecule is CCc1nccn1CC(=O)N1C[C@@H](O)[C@H](Oc2ccccc2)C1. The first kappa shape index (κ1) is 15.6. The maximum Gasteiger partial charge on any atom is 0.242 e. The van der Waals surface area contributed by atoms with E-state index in [0.717, 1.165) is 12.2 Å². The van der Waals surface area contributed by atoms with Crippen LogP contribution < -0.4 is 4.74 Å². The lowest BCUT2D eigenvalue weighted by Gasteiger charge is -2.18.